The number of benzene rings is 1. The molecule has 2 amide bonds. The number of nitrogens with one attached hydrogen (secondary N) is 3. The van der Waals surface area contributed by atoms with Crippen molar-refractivity contribution in [3.63, 3.8) is 0 Å². The predicted molar refractivity (Wildman–Crippen MR) is 89.6 cm³/mol. The molecule has 0 spiro atoms. The molecular weight excluding hydrogens is 294 g/mol. The summed E-state index contributed by atoms with van der Waals surface area (Å²) >= 11 is 0. The highest BCUT2D eigenvalue weighted by molar-refractivity contribution is 5.98. The molecule has 0 bridgehead atoms. The van der Waals surface area contributed by atoms with Crippen LogP contribution >= 0.6 is 0 Å². The second-order valence-electron chi connectivity index (χ2n) is 6.09. The number of carbonyl (C=O) groups excluding carboxylic acids is 3. The van der Waals surface area contributed by atoms with Crippen LogP contribution in [0.2, 0.25) is 0 Å². The molecule has 2 atom stereocenters. The smallest absolute Gasteiger partial charge is 0.282 e. The van der Waals surface area contributed by atoms with Crippen LogP contribution in [0.1, 0.15) is 38.1 Å². The number of likely N-dealkylation sites (N-methyl/N-ethyl adjacent to an activating group) is 1. The van der Waals surface area contributed by atoms with E-state index in [-0.39, 0.29) is 30.2 Å². The lowest BCUT2D eigenvalue weighted by Crippen LogP contribution is -3.15. The number of hydrogen-bond donors (Lipinski definition) is 3. The lowest BCUT2D eigenvalue weighted by atomic mass is 10.1. The van der Waals surface area contributed by atoms with E-state index in [1.54, 1.807) is 38.2 Å². The minimum Gasteiger partial charge on any atom is -0.349 e. The second kappa shape index (κ2) is 8.43. The number of hydrogen-bond acceptors (Lipinski definition) is 3. The Bertz CT molecular complexity index is 584. The fraction of sp³-hybridized carbons (Fsp3) is 0.471. The average molecular weight is 320 g/mol. The van der Waals surface area contributed by atoms with Gasteiger partial charge < -0.3 is 15.5 Å². The van der Waals surface area contributed by atoms with Crippen LogP contribution in [0, 0.1) is 0 Å². The highest BCUT2D eigenvalue weighted by atomic mass is 16.2. The molecule has 0 fully saturated rings. The van der Waals surface area contributed by atoms with Crippen LogP contribution in [-0.4, -0.2) is 43.3 Å². The van der Waals surface area contributed by atoms with Crippen molar-refractivity contribution in [2.45, 2.75) is 39.8 Å². The van der Waals surface area contributed by atoms with Crippen molar-refractivity contribution in [1.82, 2.24) is 5.32 Å². The molecule has 126 valence electrons. The number of amides is 2. The highest BCUT2D eigenvalue weighted by Gasteiger charge is 2.24. The van der Waals surface area contributed by atoms with Crippen LogP contribution in [0.5, 0.6) is 0 Å². The molecule has 23 heavy (non-hydrogen) atoms. The molecule has 6 heteroatoms. The van der Waals surface area contributed by atoms with Gasteiger partial charge in [-0.05, 0) is 39.8 Å². The van der Waals surface area contributed by atoms with E-state index in [2.05, 4.69) is 10.6 Å². The monoisotopic (exact) mass is 320 g/mol. The largest absolute Gasteiger partial charge is 0.349 e. The Kier molecular flexibility index (Phi) is 6.90. The molecule has 0 aliphatic carbocycles. The van der Waals surface area contributed by atoms with Crippen LogP contribution < -0.4 is 15.5 Å². The molecule has 3 N–H and O–H groups in total. The van der Waals surface area contributed by atoms with Crippen LogP contribution in [0.25, 0.3) is 0 Å². The van der Waals surface area contributed by atoms with Gasteiger partial charge in [-0.2, -0.15) is 0 Å². The first-order valence-electron chi connectivity index (χ1n) is 7.74. The third-order valence-electron chi connectivity index (χ3n) is 3.56. The van der Waals surface area contributed by atoms with Crippen LogP contribution in [0.4, 0.5) is 5.69 Å². The number of ketones is 1. The molecular formula is C17H26N3O3+. The fourth-order valence-electron chi connectivity index (χ4n) is 2.07. The molecule has 0 saturated heterocycles. The molecule has 0 aromatic heterocycles. The van der Waals surface area contributed by atoms with E-state index < -0.39 is 6.04 Å². The Morgan fingerprint density at radius 3 is 2.39 bits per heavy atom. The minimum absolute atomic E-state index is 0.0535. The normalized spacial score (nSPS) is 13.3. The maximum absolute atomic E-state index is 12.3. The summed E-state index contributed by atoms with van der Waals surface area (Å²) in [4.78, 5) is 36.2. The predicted octanol–water partition coefficient (Wildman–Crippen LogP) is 0.256. The summed E-state index contributed by atoms with van der Waals surface area (Å²) in [5.74, 6) is -0.335. The summed E-state index contributed by atoms with van der Waals surface area (Å²) in [6.07, 6.45) is 0. The highest BCUT2D eigenvalue weighted by Crippen LogP contribution is 2.11. The first-order valence-corrected chi connectivity index (χ1v) is 7.74. The van der Waals surface area contributed by atoms with E-state index in [1.807, 2.05) is 13.8 Å². The topological polar surface area (TPSA) is 79.7 Å². The van der Waals surface area contributed by atoms with Crippen LogP contribution in [0.3, 0.4) is 0 Å². The average Bonchev–Trinajstić information content (AvgIpc) is 2.45. The molecule has 0 aliphatic heterocycles. The van der Waals surface area contributed by atoms with Crippen molar-refractivity contribution in [2.24, 2.45) is 0 Å². The van der Waals surface area contributed by atoms with E-state index in [1.165, 1.54) is 6.92 Å². The third-order valence-corrected chi connectivity index (χ3v) is 3.56. The summed E-state index contributed by atoms with van der Waals surface area (Å²) in [6, 6.07) is 6.49. The quantitative estimate of drug-likeness (QED) is 0.630. The molecule has 0 saturated carbocycles. The van der Waals surface area contributed by atoms with Gasteiger partial charge >= 0.3 is 0 Å². The number of anilines is 1. The fourth-order valence-corrected chi connectivity index (χ4v) is 2.07. The Balaban J connectivity index is 2.64. The number of Topliss-reactive ketones (excluding diaryl/α,β-unsaturated/α-hetero) is 1. The summed E-state index contributed by atoms with van der Waals surface area (Å²) in [5.41, 5.74) is 1.13. The van der Waals surface area contributed by atoms with Gasteiger partial charge in [0, 0.05) is 17.3 Å². The van der Waals surface area contributed by atoms with Crippen molar-refractivity contribution >= 4 is 23.3 Å². The van der Waals surface area contributed by atoms with E-state index in [9.17, 15) is 14.4 Å². The number of quaternary nitrogens is 1. The van der Waals surface area contributed by atoms with E-state index >= 15 is 0 Å². The molecule has 6 nitrogen and oxygen atoms in total. The Hall–Kier alpha value is -2.21. The first-order chi connectivity index (χ1) is 10.7. The number of carbonyl (C=O) groups is 3. The number of rotatable bonds is 7. The van der Waals surface area contributed by atoms with Gasteiger partial charge in [0.1, 0.15) is 0 Å². The van der Waals surface area contributed by atoms with Gasteiger partial charge in [0.2, 0.25) is 0 Å². The van der Waals surface area contributed by atoms with Crippen molar-refractivity contribution in [3.8, 4) is 0 Å². The lowest BCUT2D eigenvalue weighted by Gasteiger charge is -2.21. The molecule has 0 aliphatic rings. The van der Waals surface area contributed by atoms with Gasteiger partial charge in [0.15, 0.2) is 18.4 Å². The van der Waals surface area contributed by atoms with Gasteiger partial charge in [-0.25, -0.2) is 0 Å². The zero-order chi connectivity index (χ0) is 17.6. The summed E-state index contributed by atoms with van der Waals surface area (Å²) in [7, 11) is 1.80. The van der Waals surface area contributed by atoms with Crippen LogP contribution in [-0.2, 0) is 9.59 Å². The SMILES string of the molecule is CC(=O)c1cccc(NC(=O)[C@@H](C)[NH+](C)CC(=O)NC(C)C)c1. The van der Waals surface area contributed by atoms with E-state index in [0.29, 0.717) is 11.3 Å². The van der Waals surface area contributed by atoms with Gasteiger partial charge in [-0.3, -0.25) is 14.4 Å². The second-order valence-corrected chi connectivity index (χ2v) is 6.09. The molecule has 0 heterocycles. The summed E-state index contributed by atoms with van der Waals surface area (Å²) in [5, 5.41) is 5.60. The molecule has 1 aromatic rings. The minimum atomic E-state index is -0.395. The van der Waals surface area contributed by atoms with Gasteiger partial charge in [0.25, 0.3) is 11.8 Å². The summed E-state index contributed by atoms with van der Waals surface area (Å²) in [6.45, 7) is 7.26. The summed E-state index contributed by atoms with van der Waals surface area (Å²) < 4.78 is 0. The van der Waals surface area contributed by atoms with Crippen molar-refractivity contribution in [2.75, 3.05) is 18.9 Å². The third kappa shape index (κ3) is 6.20. The van der Waals surface area contributed by atoms with Crippen molar-refractivity contribution in [1.29, 1.82) is 0 Å². The van der Waals surface area contributed by atoms with Crippen molar-refractivity contribution in [3.05, 3.63) is 29.8 Å². The standard InChI is InChI=1S/C17H25N3O3/c1-11(2)18-16(22)10-20(5)12(3)17(23)19-15-8-6-7-14(9-15)13(4)21/h6-9,11-12H,10H2,1-5H3,(H,18,22)(H,19,23)/p+1/t12-/m1/s1. The Labute approximate surface area is 137 Å². The molecule has 1 unspecified atom stereocenters. The van der Waals surface area contributed by atoms with E-state index in [4.69, 9.17) is 0 Å². The maximum Gasteiger partial charge on any atom is 0.282 e. The Morgan fingerprint density at radius 1 is 1.17 bits per heavy atom. The van der Waals surface area contributed by atoms with Crippen LogP contribution in [0.15, 0.2) is 24.3 Å². The molecule has 1 aromatic carbocycles. The first kappa shape index (κ1) is 18.8. The van der Waals surface area contributed by atoms with E-state index in [0.717, 1.165) is 4.90 Å². The Morgan fingerprint density at radius 2 is 1.83 bits per heavy atom. The van der Waals surface area contributed by atoms with Gasteiger partial charge in [-0.15, -0.1) is 0 Å². The van der Waals surface area contributed by atoms with Gasteiger partial charge in [0.05, 0.1) is 7.05 Å². The molecule has 0 radical (unpaired) electrons. The molecule has 1 rings (SSSR count). The maximum atomic E-state index is 12.3. The van der Waals surface area contributed by atoms with Crippen molar-refractivity contribution < 1.29 is 19.3 Å². The van der Waals surface area contributed by atoms with Gasteiger partial charge in [-0.1, -0.05) is 12.1 Å². The lowest BCUT2D eigenvalue weighted by molar-refractivity contribution is -0.885. The zero-order valence-electron chi connectivity index (χ0n) is 14.4. The zero-order valence-corrected chi connectivity index (χ0v) is 14.4.